The van der Waals surface area contributed by atoms with Gasteiger partial charge in [0.25, 0.3) is 6.01 Å². The van der Waals surface area contributed by atoms with Crippen molar-refractivity contribution in [3.05, 3.63) is 23.8 Å². The number of nitrogens with one attached hydrogen (secondary N) is 1. The van der Waals surface area contributed by atoms with E-state index in [9.17, 15) is 0 Å². The van der Waals surface area contributed by atoms with Crippen molar-refractivity contribution in [3.63, 3.8) is 0 Å². The zero-order valence-electron chi connectivity index (χ0n) is 10.4. The maximum atomic E-state index is 5.58. The molecular formula is C13H19N3O. The van der Waals surface area contributed by atoms with E-state index in [1.165, 1.54) is 12.8 Å². The second-order valence-corrected chi connectivity index (χ2v) is 4.28. The quantitative estimate of drug-likeness (QED) is 0.779. The minimum absolute atomic E-state index is 0.230. The molecule has 0 aliphatic rings. The lowest BCUT2D eigenvalue weighted by atomic mass is 10.1. The summed E-state index contributed by atoms with van der Waals surface area (Å²) in [7, 11) is 0. The number of nitrogen functional groups attached to an aromatic ring is 1. The number of fused-ring (bicyclic) bond motifs is 1. The number of oxazole rings is 1. The van der Waals surface area contributed by atoms with E-state index >= 15 is 0 Å². The predicted octanol–water partition coefficient (Wildman–Crippen LogP) is 2.86. The van der Waals surface area contributed by atoms with Crippen molar-refractivity contribution in [2.75, 3.05) is 12.3 Å². The Kier molecular flexibility index (Phi) is 3.64. The van der Waals surface area contributed by atoms with Crippen LogP contribution in [0.15, 0.2) is 22.6 Å². The maximum Gasteiger partial charge on any atom is 0.292 e. The Labute approximate surface area is 101 Å². The number of hydrogen-bond acceptors (Lipinski definition) is 4. The van der Waals surface area contributed by atoms with E-state index in [1.807, 2.05) is 12.1 Å². The topological polar surface area (TPSA) is 64.1 Å². The number of aromatic nitrogens is 1. The Bertz CT molecular complexity index is 492. The van der Waals surface area contributed by atoms with Gasteiger partial charge in [-0.15, -0.1) is 0 Å². The number of anilines is 1. The molecule has 4 heteroatoms. The van der Waals surface area contributed by atoms with Crippen LogP contribution in [0.2, 0.25) is 0 Å². The van der Waals surface area contributed by atoms with Crippen LogP contribution in [0.3, 0.4) is 0 Å². The summed E-state index contributed by atoms with van der Waals surface area (Å²) in [5.41, 5.74) is 8.34. The Morgan fingerprint density at radius 3 is 3.06 bits per heavy atom. The molecule has 0 radical (unpaired) electrons. The largest absolute Gasteiger partial charge is 0.424 e. The third-order valence-corrected chi connectivity index (χ3v) is 2.91. The number of para-hydroxylation sites is 1. The van der Waals surface area contributed by atoms with Crippen molar-refractivity contribution in [3.8, 4) is 0 Å². The maximum absolute atomic E-state index is 5.58. The van der Waals surface area contributed by atoms with Crippen molar-refractivity contribution in [1.82, 2.24) is 10.3 Å². The molecule has 1 aromatic heterocycles. The fraction of sp³-hybridized carbons (Fsp3) is 0.462. The molecule has 3 N–H and O–H groups in total. The minimum Gasteiger partial charge on any atom is -0.424 e. The molecule has 0 fully saturated rings. The molecule has 0 bridgehead atoms. The van der Waals surface area contributed by atoms with Gasteiger partial charge in [0.05, 0.1) is 0 Å². The van der Waals surface area contributed by atoms with E-state index in [0.717, 1.165) is 23.2 Å². The average molecular weight is 233 g/mol. The lowest BCUT2D eigenvalue weighted by molar-refractivity contribution is 0.556. The van der Waals surface area contributed by atoms with E-state index < -0.39 is 0 Å². The van der Waals surface area contributed by atoms with Gasteiger partial charge in [-0.05, 0) is 31.5 Å². The smallest absolute Gasteiger partial charge is 0.292 e. The molecule has 0 aliphatic carbocycles. The van der Waals surface area contributed by atoms with Crippen molar-refractivity contribution < 1.29 is 4.42 Å². The molecule has 2 aromatic rings. The number of nitrogens with two attached hydrogens (primary N) is 1. The molecule has 2 rings (SSSR count). The first kappa shape index (κ1) is 11.9. The first-order valence-electron chi connectivity index (χ1n) is 6.10. The van der Waals surface area contributed by atoms with Gasteiger partial charge in [0.15, 0.2) is 5.58 Å². The van der Waals surface area contributed by atoms with Gasteiger partial charge in [-0.25, -0.2) is 0 Å². The average Bonchev–Trinajstić information content (AvgIpc) is 2.69. The summed E-state index contributed by atoms with van der Waals surface area (Å²) >= 11 is 0. The number of unbranched alkanes of at least 4 members (excludes halogenated alkanes) is 1. The zero-order valence-corrected chi connectivity index (χ0v) is 10.4. The second kappa shape index (κ2) is 5.19. The zero-order chi connectivity index (χ0) is 12.3. The van der Waals surface area contributed by atoms with E-state index in [0.29, 0.717) is 0 Å². The highest BCUT2D eigenvalue weighted by atomic mass is 16.4. The fourth-order valence-corrected chi connectivity index (χ4v) is 1.94. The van der Waals surface area contributed by atoms with Gasteiger partial charge < -0.3 is 15.5 Å². The van der Waals surface area contributed by atoms with Crippen LogP contribution in [-0.4, -0.2) is 11.5 Å². The van der Waals surface area contributed by atoms with Crippen LogP contribution in [-0.2, 0) is 0 Å². The molecule has 1 aromatic carbocycles. The second-order valence-electron chi connectivity index (χ2n) is 4.28. The van der Waals surface area contributed by atoms with Crippen LogP contribution < -0.4 is 11.1 Å². The van der Waals surface area contributed by atoms with E-state index in [1.54, 1.807) is 0 Å². The van der Waals surface area contributed by atoms with Gasteiger partial charge >= 0.3 is 0 Å². The highest BCUT2D eigenvalue weighted by molar-refractivity contribution is 5.78. The molecule has 0 saturated carbocycles. The Hall–Kier alpha value is -1.55. The van der Waals surface area contributed by atoms with Gasteiger partial charge in [-0.1, -0.05) is 25.5 Å². The lowest BCUT2D eigenvalue weighted by Gasteiger charge is -2.13. The van der Waals surface area contributed by atoms with E-state index in [4.69, 9.17) is 10.2 Å². The SMILES string of the molecule is CCCCNC(C)c1cccc2oc(N)nc12. The Balaban J connectivity index is 2.22. The minimum atomic E-state index is 0.230. The van der Waals surface area contributed by atoms with Crippen molar-refractivity contribution >= 4 is 17.1 Å². The molecular weight excluding hydrogens is 214 g/mol. The first-order chi connectivity index (χ1) is 8.22. The number of nitrogens with zero attached hydrogens (tertiary/aromatic N) is 1. The molecule has 4 nitrogen and oxygen atoms in total. The molecule has 0 spiro atoms. The molecule has 0 aliphatic heterocycles. The van der Waals surface area contributed by atoms with E-state index in [2.05, 4.69) is 30.2 Å². The lowest BCUT2D eigenvalue weighted by Crippen LogP contribution is -2.19. The first-order valence-corrected chi connectivity index (χ1v) is 6.10. The molecule has 92 valence electrons. The summed E-state index contributed by atoms with van der Waals surface area (Å²) in [5.74, 6) is 0. The standard InChI is InChI=1S/C13H19N3O/c1-3-4-8-15-9(2)10-6-5-7-11-12(10)16-13(14)17-11/h5-7,9,15H,3-4,8H2,1-2H3,(H2,14,16). The summed E-state index contributed by atoms with van der Waals surface area (Å²) in [5, 5.41) is 3.48. The van der Waals surface area contributed by atoms with Gasteiger partial charge in [-0.2, -0.15) is 4.98 Å². The molecule has 0 saturated heterocycles. The van der Waals surface area contributed by atoms with Crippen LogP contribution in [0, 0.1) is 0 Å². The third-order valence-electron chi connectivity index (χ3n) is 2.91. The molecule has 0 amide bonds. The van der Waals surface area contributed by atoms with Crippen LogP contribution in [0.25, 0.3) is 11.1 Å². The number of rotatable bonds is 5. The van der Waals surface area contributed by atoms with Gasteiger partial charge in [0.2, 0.25) is 0 Å². The van der Waals surface area contributed by atoms with Crippen molar-refractivity contribution in [1.29, 1.82) is 0 Å². The Morgan fingerprint density at radius 2 is 2.29 bits per heavy atom. The van der Waals surface area contributed by atoms with Gasteiger partial charge in [0.1, 0.15) is 5.52 Å². The van der Waals surface area contributed by atoms with Crippen molar-refractivity contribution in [2.45, 2.75) is 32.7 Å². The molecule has 17 heavy (non-hydrogen) atoms. The molecule has 1 unspecified atom stereocenters. The van der Waals surface area contributed by atoms with Crippen LogP contribution >= 0.6 is 0 Å². The summed E-state index contributed by atoms with van der Waals surface area (Å²) in [6.45, 7) is 5.34. The Morgan fingerprint density at radius 1 is 1.47 bits per heavy atom. The number of benzene rings is 1. The molecule has 1 heterocycles. The van der Waals surface area contributed by atoms with E-state index in [-0.39, 0.29) is 12.1 Å². The molecule has 1 atom stereocenters. The van der Waals surface area contributed by atoms with Crippen LogP contribution in [0.5, 0.6) is 0 Å². The predicted molar refractivity (Wildman–Crippen MR) is 69.7 cm³/mol. The fourth-order valence-electron chi connectivity index (χ4n) is 1.94. The number of hydrogen-bond donors (Lipinski definition) is 2. The summed E-state index contributed by atoms with van der Waals surface area (Å²) in [4.78, 5) is 4.23. The normalized spacial score (nSPS) is 13.1. The monoisotopic (exact) mass is 233 g/mol. The van der Waals surface area contributed by atoms with Gasteiger partial charge in [0, 0.05) is 6.04 Å². The summed E-state index contributed by atoms with van der Waals surface area (Å²) in [6, 6.07) is 6.41. The highest BCUT2D eigenvalue weighted by Gasteiger charge is 2.12. The van der Waals surface area contributed by atoms with Gasteiger partial charge in [-0.3, -0.25) is 0 Å². The highest BCUT2D eigenvalue weighted by Crippen LogP contribution is 2.25. The van der Waals surface area contributed by atoms with Crippen LogP contribution in [0.1, 0.15) is 38.3 Å². The van der Waals surface area contributed by atoms with Crippen LogP contribution in [0.4, 0.5) is 6.01 Å². The third kappa shape index (κ3) is 2.58. The summed E-state index contributed by atoms with van der Waals surface area (Å²) in [6.07, 6.45) is 2.38. The summed E-state index contributed by atoms with van der Waals surface area (Å²) < 4.78 is 5.32. The van der Waals surface area contributed by atoms with Crippen molar-refractivity contribution in [2.24, 2.45) is 0 Å².